The van der Waals surface area contributed by atoms with E-state index in [4.69, 9.17) is 0 Å². The standard InChI is InChI=1S/C23H32O2/c1-17(15-22(24)25-5)9-6-10-18(2)20-12-7-11-19-13-8-14-23(3,4)21(19)16-20/h6,9-10,15-16H,7-8,11-14H2,1-5H3/b9-6+,17-15+,18-10+. The second-order valence-electron chi connectivity index (χ2n) is 7.90. The summed E-state index contributed by atoms with van der Waals surface area (Å²) in [5.74, 6) is -0.312. The lowest BCUT2D eigenvalue weighted by molar-refractivity contribution is -0.134. The summed E-state index contributed by atoms with van der Waals surface area (Å²) >= 11 is 0. The summed E-state index contributed by atoms with van der Waals surface area (Å²) in [5, 5.41) is 0. The molecular formula is C23H32O2. The van der Waals surface area contributed by atoms with E-state index < -0.39 is 0 Å². The highest BCUT2D eigenvalue weighted by Gasteiger charge is 2.29. The van der Waals surface area contributed by atoms with Gasteiger partial charge in [-0.2, -0.15) is 0 Å². The van der Waals surface area contributed by atoms with Gasteiger partial charge in [0.2, 0.25) is 0 Å². The van der Waals surface area contributed by atoms with Crippen molar-refractivity contribution < 1.29 is 9.53 Å². The number of carbonyl (C=O) groups is 1. The molecule has 0 spiro atoms. The van der Waals surface area contributed by atoms with Crippen molar-refractivity contribution in [2.45, 2.75) is 66.2 Å². The van der Waals surface area contributed by atoms with Crippen LogP contribution in [0.5, 0.6) is 0 Å². The normalized spacial score (nSPS) is 21.7. The zero-order valence-corrected chi connectivity index (χ0v) is 16.4. The van der Waals surface area contributed by atoms with Gasteiger partial charge in [0.05, 0.1) is 7.11 Å². The van der Waals surface area contributed by atoms with Gasteiger partial charge in [-0.05, 0) is 80.1 Å². The third-order valence-electron chi connectivity index (χ3n) is 5.39. The fourth-order valence-corrected chi connectivity index (χ4v) is 3.84. The summed E-state index contributed by atoms with van der Waals surface area (Å²) in [6.45, 7) is 8.88. The molecule has 0 radical (unpaired) electrons. The van der Waals surface area contributed by atoms with Crippen LogP contribution in [0.15, 0.2) is 58.2 Å². The van der Waals surface area contributed by atoms with Crippen molar-refractivity contribution in [2.24, 2.45) is 5.41 Å². The average molecular weight is 341 g/mol. The van der Waals surface area contributed by atoms with Gasteiger partial charge in [0.1, 0.15) is 0 Å². The van der Waals surface area contributed by atoms with Crippen molar-refractivity contribution in [1.82, 2.24) is 0 Å². The van der Waals surface area contributed by atoms with Gasteiger partial charge in [0, 0.05) is 6.08 Å². The quantitative estimate of drug-likeness (QED) is 0.345. The number of ether oxygens (including phenoxy) is 1. The summed E-state index contributed by atoms with van der Waals surface area (Å²) < 4.78 is 4.65. The molecule has 25 heavy (non-hydrogen) atoms. The SMILES string of the molecule is COC(=O)/C=C(C)/C=C/C=C(\C)C1=CC2=C(CCC1)CCCC2(C)C. The lowest BCUT2D eigenvalue weighted by Gasteiger charge is -2.33. The number of carbonyl (C=O) groups excluding carboxylic acids is 1. The summed E-state index contributed by atoms with van der Waals surface area (Å²) in [6.07, 6.45) is 17.7. The van der Waals surface area contributed by atoms with Crippen molar-refractivity contribution in [3.63, 3.8) is 0 Å². The number of rotatable bonds is 4. The maximum atomic E-state index is 11.2. The fourth-order valence-electron chi connectivity index (χ4n) is 3.84. The first-order valence-corrected chi connectivity index (χ1v) is 9.38. The van der Waals surface area contributed by atoms with Crippen LogP contribution in [-0.2, 0) is 9.53 Å². The van der Waals surface area contributed by atoms with Crippen molar-refractivity contribution in [3.8, 4) is 0 Å². The van der Waals surface area contributed by atoms with Crippen LogP contribution in [-0.4, -0.2) is 13.1 Å². The zero-order valence-electron chi connectivity index (χ0n) is 16.4. The van der Waals surface area contributed by atoms with Crippen molar-refractivity contribution >= 4 is 5.97 Å². The number of hydrogen-bond acceptors (Lipinski definition) is 2. The van der Waals surface area contributed by atoms with Gasteiger partial charge in [-0.15, -0.1) is 0 Å². The molecule has 0 amide bonds. The molecule has 2 heteroatoms. The Bertz CT molecular complexity index is 666. The molecule has 0 aromatic carbocycles. The Kier molecular flexibility index (Phi) is 6.64. The van der Waals surface area contributed by atoms with Crippen LogP contribution in [0.3, 0.4) is 0 Å². The molecule has 2 rings (SSSR count). The second-order valence-corrected chi connectivity index (χ2v) is 7.90. The van der Waals surface area contributed by atoms with Crippen LogP contribution in [0.25, 0.3) is 0 Å². The van der Waals surface area contributed by atoms with Gasteiger partial charge in [-0.1, -0.05) is 43.7 Å². The number of methoxy groups -OCH3 is 1. The van der Waals surface area contributed by atoms with E-state index in [2.05, 4.69) is 37.7 Å². The molecule has 0 unspecified atom stereocenters. The van der Waals surface area contributed by atoms with Gasteiger partial charge < -0.3 is 4.74 Å². The average Bonchev–Trinajstić information content (AvgIpc) is 2.78. The molecule has 0 heterocycles. The zero-order chi connectivity index (χ0) is 18.4. The van der Waals surface area contributed by atoms with Gasteiger partial charge >= 0.3 is 5.97 Å². The monoisotopic (exact) mass is 340 g/mol. The predicted molar refractivity (Wildman–Crippen MR) is 105 cm³/mol. The summed E-state index contributed by atoms with van der Waals surface area (Å²) in [4.78, 5) is 11.2. The molecule has 2 aliphatic carbocycles. The van der Waals surface area contributed by atoms with Crippen LogP contribution in [0.1, 0.15) is 66.2 Å². The van der Waals surface area contributed by atoms with E-state index in [1.54, 1.807) is 11.1 Å². The van der Waals surface area contributed by atoms with Crippen LogP contribution in [0, 0.1) is 5.41 Å². The highest BCUT2D eigenvalue weighted by atomic mass is 16.5. The van der Waals surface area contributed by atoms with Crippen molar-refractivity contribution in [2.75, 3.05) is 7.11 Å². The van der Waals surface area contributed by atoms with E-state index in [9.17, 15) is 4.79 Å². The van der Waals surface area contributed by atoms with E-state index in [1.165, 1.54) is 56.4 Å². The van der Waals surface area contributed by atoms with E-state index >= 15 is 0 Å². The molecule has 2 aliphatic rings. The molecule has 0 aromatic heterocycles. The van der Waals surface area contributed by atoms with Gasteiger partial charge in [-0.3, -0.25) is 0 Å². The Balaban J connectivity index is 2.19. The molecule has 0 aliphatic heterocycles. The first kappa shape index (κ1) is 19.5. The molecule has 2 nitrogen and oxygen atoms in total. The van der Waals surface area contributed by atoms with Crippen LogP contribution >= 0.6 is 0 Å². The minimum atomic E-state index is -0.312. The number of esters is 1. The largest absolute Gasteiger partial charge is 0.466 e. The molecule has 0 fully saturated rings. The Hall–Kier alpha value is -1.83. The van der Waals surface area contributed by atoms with Gasteiger partial charge in [0.25, 0.3) is 0 Å². The summed E-state index contributed by atoms with van der Waals surface area (Å²) in [6, 6.07) is 0. The fraction of sp³-hybridized carbons (Fsp3) is 0.522. The number of hydrogen-bond donors (Lipinski definition) is 0. The van der Waals surface area contributed by atoms with Crippen LogP contribution in [0.4, 0.5) is 0 Å². The third-order valence-corrected chi connectivity index (χ3v) is 5.39. The Labute approximate surface area is 153 Å². The molecule has 0 bridgehead atoms. The Morgan fingerprint density at radius 3 is 2.60 bits per heavy atom. The third kappa shape index (κ3) is 5.32. The van der Waals surface area contributed by atoms with E-state index in [-0.39, 0.29) is 5.97 Å². The van der Waals surface area contributed by atoms with E-state index in [0.29, 0.717) is 5.41 Å². The van der Waals surface area contributed by atoms with Gasteiger partial charge in [-0.25, -0.2) is 4.79 Å². The predicted octanol–water partition coefficient (Wildman–Crippen LogP) is 6.23. The minimum absolute atomic E-state index is 0.305. The molecular weight excluding hydrogens is 308 g/mol. The molecule has 136 valence electrons. The molecule has 0 aromatic rings. The molecule has 0 atom stereocenters. The molecule has 0 N–H and O–H groups in total. The maximum Gasteiger partial charge on any atom is 0.330 e. The molecule has 0 saturated heterocycles. The number of allylic oxidation sites excluding steroid dienone is 9. The van der Waals surface area contributed by atoms with E-state index in [1.807, 2.05) is 19.1 Å². The van der Waals surface area contributed by atoms with Crippen molar-refractivity contribution in [3.05, 3.63) is 58.2 Å². The van der Waals surface area contributed by atoms with Crippen LogP contribution in [0.2, 0.25) is 0 Å². The highest BCUT2D eigenvalue weighted by molar-refractivity contribution is 5.83. The summed E-state index contributed by atoms with van der Waals surface area (Å²) in [7, 11) is 1.40. The first-order chi connectivity index (χ1) is 11.8. The topological polar surface area (TPSA) is 26.3 Å². The Morgan fingerprint density at radius 2 is 1.88 bits per heavy atom. The maximum absolute atomic E-state index is 11.2. The lowest BCUT2D eigenvalue weighted by atomic mass is 9.71. The molecule has 0 saturated carbocycles. The highest BCUT2D eigenvalue weighted by Crippen LogP contribution is 2.45. The first-order valence-electron chi connectivity index (χ1n) is 9.38. The van der Waals surface area contributed by atoms with Crippen molar-refractivity contribution in [1.29, 1.82) is 0 Å². The lowest BCUT2D eigenvalue weighted by Crippen LogP contribution is -2.19. The second kappa shape index (κ2) is 8.51. The van der Waals surface area contributed by atoms with E-state index in [0.717, 1.165) is 12.0 Å². The van der Waals surface area contributed by atoms with Gasteiger partial charge in [0.15, 0.2) is 0 Å². The van der Waals surface area contributed by atoms with Crippen LogP contribution < -0.4 is 0 Å². The minimum Gasteiger partial charge on any atom is -0.466 e. The summed E-state index contributed by atoms with van der Waals surface area (Å²) in [5.41, 5.74) is 7.25. The smallest absolute Gasteiger partial charge is 0.330 e. The Morgan fingerprint density at radius 1 is 1.16 bits per heavy atom.